The predicted octanol–water partition coefficient (Wildman–Crippen LogP) is 3.09. The molecule has 0 heterocycles. The first-order chi connectivity index (χ1) is 9.06. The molecule has 0 bridgehead atoms. The molecule has 0 N–H and O–H groups in total. The maximum Gasteiger partial charge on any atom is 0.326 e. The molecule has 2 unspecified atom stereocenters. The van der Waals surface area contributed by atoms with Crippen LogP contribution in [0.3, 0.4) is 0 Å². The van der Waals surface area contributed by atoms with Gasteiger partial charge >= 0.3 is 5.97 Å². The Labute approximate surface area is 117 Å². The number of carbonyl (C=O) groups excluding carboxylic acids is 1. The largest absolute Gasteiger partial charge is 0.465 e. The number of hydrogen-bond acceptors (Lipinski definition) is 3. The van der Waals surface area contributed by atoms with Gasteiger partial charge in [0.1, 0.15) is 0 Å². The number of rotatable bonds is 7. The van der Waals surface area contributed by atoms with E-state index in [1.54, 1.807) is 6.92 Å². The molecule has 0 aliphatic heterocycles. The Balaban J connectivity index is 2.87. The molecule has 4 heteroatoms. The van der Waals surface area contributed by atoms with Crippen molar-refractivity contribution in [2.75, 3.05) is 12.4 Å². The van der Waals surface area contributed by atoms with Crippen molar-refractivity contribution < 1.29 is 13.7 Å². The van der Waals surface area contributed by atoms with Gasteiger partial charge < -0.3 is 4.74 Å². The van der Waals surface area contributed by atoms with E-state index in [0.717, 1.165) is 12.0 Å². The van der Waals surface area contributed by atoms with Gasteiger partial charge in [-0.1, -0.05) is 44.2 Å². The van der Waals surface area contributed by atoms with Crippen LogP contribution in [0.1, 0.15) is 38.0 Å². The maximum absolute atomic E-state index is 12.4. The molecule has 0 aliphatic carbocycles. The third kappa shape index (κ3) is 5.15. The average Bonchev–Trinajstić information content (AvgIpc) is 2.38. The van der Waals surface area contributed by atoms with Gasteiger partial charge in [-0.05, 0) is 24.8 Å². The van der Waals surface area contributed by atoms with E-state index in [1.807, 2.05) is 30.3 Å². The lowest BCUT2D eigenvalue weighted by Crippen LogP contribution is -2.22. The van der Waals surface area contributed by atoms with Crippen LogP contribution in [0.15, 0.2) is 30.3 Å². The van der Waals surface area contributed by atoms with Crippen LogP contribution in [0.4, 0.5) is 0 Å². The van der Waals surface area contributed by atoms with Gasteiger partial charge in [-0.25, -0.2) is 0 Å². The fourth-order valence-corrected chi connectivity index (χ4v) is 3.39. The van der Waals surface area contributed by atoms with E-state index in [9.17, 15) is 9.00 Å². The first kappa shape index (κ1) is 15.9. The third-order valence-corrected chi connectivity index (χ3v) is 4.39. The highest BCUT2D eigenvalue weighted by atomic mass is 32.2. The SMILES string of the molecule is CCOC(=O)C(c1ccccc1)S(=O)CCC(C)C. The van der Waals surface area contributed by atoms with Crippen LogP contribution in [-0.2, 0) is 20.3 Å². The van der Waals surface area contributed by atoms with Crippen LogP contribution in [0.2, 0.25) is 0 Å². The molecule has 0 saturated carbocycles. The smallest absolute Gasteiger partial charge is 0.326 e. The van der Waals surface area contributed by atoms with E-state index in [4.69, 9.17) is 4.74 Å². The molecule has 0 radical (unpaired) electrons. The summed E-state index contributed by atoms with van der Waals surface area (Å²) in [5.74, 6) is 0.606. The molecule has 0 spiro atoms. The second-order valence-electron chi connectivity index (χ2n) is 4.81. The van der Waals surface area contributed by atoms with E-state index >= 15 is 0 Å². The zero-order valence-electron chi connectivity index (χ0n) is 11.8. The number of carbonyl (C=O) groups is 1. The van der Waals surface area contributed by atoms with Crippen molar-refractivity contribution in [2.45, 2.75) is 32.4 Å². The minimum Gasteiger partial charge on any atom is -0.465 e. The molecular formula is C15H22O3S. The normalized spacial score (nSPS) is 14.1. The summed E-state index contributed by atoms with van der Waals surface area (Å²) in [6, 6.07) is 9.23. The Kier molecular flexibility index (Phi) is 6.78. The highest BCUT2D eigenvalue weighted by molar-refractivity contribution is 7.86. The van der Waals surface area contributed by atoms with Gasteiger partial charge in [-0.3, -0.25) is 9.00 Å². The Morgan fingerprint density at radius 1 is 1.26 bits per heavy atom. The van der Waals surface area contributed by atoms with Crippen LogP contribution in [0.5, 0.6) is 0 Å². The number of esters is 1. The van der Waals surface area contributed by atoms with E-state index in [-0.39, 0.29) is 0 Å². The van der Waals surface area contributed by atoms with Crippen molar-refractivity contribution in [1.29, 1.82) is 0 Å². The molecular weight excluding hydrogens is 260 g/mol. The van der Waals surface area contributed by atoms with Gasteiger partial charge in [0.2, 0.25) is 0 Å². The quantitative estimate of drug-likeness (QED) is 0.722. The monoisotopic (exact) mass is 282 g/mol. The lowest BCUT2D eigenvalue weighted by Gasteiger charge is -2.16. The molecule has 0 aromatic heterocycles. The van der Waals surface area contributed by atoms with E-state index in [1.165, 1.54) is 0 Å². The van der Waals surface area contributed by atoms with E-state index < -0.39 is 22.0 Å². The Hall–Kier alpha value is -1.16. The summed E-state index contributed by atoms with van der Waals surface area (Å²) in [6.07, 6.45) is 0.843. The summed E-state index contributed by atoms with van der Waals surface area (Å²) in [4.78, 5) is 12.0. The van der Waals surface area contributed by atoms with Gasteiger partial charge in [0.25, 0.3) is 0 Å². The zero-order valence-corrected chi connectivity index (χ0v) is 12.6. The summed E-state index contributed by atoms with van der Waals surface area (Å²) >= 11 is 0. The predicted molar refractivity (Wildman–Crippen MR) is 78.3 cm³/mol. The van der Waals surface area contributed by atoms with E-state index in [0.29, 0.717) is 18.3 Å². The van der Waals surface area contributed by atoms with Crippen molar-refractivity contribution in [3.05, 3.63) is 35.9 Å². The van der Waals surface area contributed by atoms with Crippen molar-refractivity contribution in [2.24, 2.45) is 5.92 Å². The summed E-state index contributed by atoms with van der Waals surface area (Å²) in [5.41, 5.74) is 0.767. The third-order valence-electron chi connectivity index (χ3n) is 2.76. The summed E-state index contributed by atoms with van der Waals surface area (Å²) in [5, 5.41) is -0.667. The van der Waals surface area contributed by atoms with Crippen LogP contribution < -0.4 is 0 Å². The molecule has 0 fully saturated rings. The second kappa shape index (κ2) is 8.10. The summed E-state index contributed by atoms with van der Waals surface area (Å²) in [6.45, 7) is 6.23. The summed E-state index contributed by atoms with van der Waals surface area (Å²) < 4.78 is 17.4. The van der Waals surface area contributed by atoms with E-state index in [2.05, 4.69) is 13.8 Å². The van der Waals surface area contributed by atoms with Crippen LogP contribution in [0, 0.1) is 5.92 Å². The number of hydrogen-bond donors (Lipinski definition) is 0. The molecule has 3 nitrogen and oxygen atoms in total. The lowest BCUT2D eigenvalue weighted by atomic mass is 10.1. The minimum atomic E-state index is -1.24. The molecule has 2 atom stereocenters. The van der Waals surface area contributed by atoms with Crippen molar-refractivity contribution in [3.8, 4) is 0 Å². The van der Waals surface area contributed by atoms with Crippen molar-refractivity contribution in [3.63, 3.8) is 0 Å². The molecule has 1 rings (SSSR count). The van der Waals surface area contributed by atoms with Crippen LogP contribution in [0.25, 0.3) is 0 Å². The Bertz CT molecular complexity index is 415. The standard InChI is InChI=1S/C15H22O3S/c1-4-18-15(16)14(13-8-6-5-7-9-13)19(17)11-10-12(2)3/h5-9,12,14H,4,10-11H2,1-3H3. The minimum absolute atomic E-state index is 0.309. The van der Waals surface area contributed by atoms with Gasteiger partial charge in [0, 0.05) is 16.6 Å². The average molecular weight is 282 g/mol. The molecule has 19 heavy (non-hydrogen) atoms. The Morgan fingerprint density at radius 3 is 2.42 bits per heavy atom. The van der Waals surface area contributed by atoms with Crippen LogP contribution in [-0.4, -0.2) is 22.5 Å². The molecule has 1 aromatic rings. The molecule has 0 saturated heterocycles. The van der Waals surface area contributed by atoms with Gasteiger partial charge in [0.15, 0.2) is 5.25 Å². The van der Waals surface area contributed by atoms with Crippen molar-refractivity contribution >= 4 is 16.8 Å². The highest BCUT2D eigenvalue weighted by Crippen LogP contribution is 2.23. The number of ether oxygens (including phenoxy) is 1. The number of benzene rings is 1. The Morgan fingerprint density at radius 2 is 1.89 bits per heavy atom. The van der Waals surface area contributed by atoms with Gasteiger partial charge in [-0.15, -0.1) is 0 Å². The topological polar surface area (TPSA) is 43.4 Å². The maximum atomic E-state index is 12.4. The van der Waals surface area contributed by atoms with Crippen LogP contribution >= 0.6 is 0 Å². The first-order valence-corrected chi connectivity index (χ1v) is 8.03. The molecule has 1 aromatic carbocycles. The zero-order chi connectivity index (χ0) is 14.3. The highest BCUT2D eigenvalue weighted by Gasteiger charge is 2.28. The van der Waals surface area contributed by atoms with Gasteiger partial charge in [0.05, 0.1) is 6.61 Å². The lowest BCUT2D eigenvalue weighted by molar-refractivity contribution is -0.142. The molecule has 0 aliphatic rings. The fourth-order valence-electron chi connectivity index (χ4n) is 1.71. The molecule has 0 amide bonds. The molecule has 106 valence electrons. The summed E-state index contributed by atoms with van der Waals surface area (Å²) in [7, 11) is -1.24. The van der Waals surface area contributed by atoms with Gasteiger partial charge in [-0.2, -0.15) is 0 Å². The van der Waals surface area contributed by atoms with Crippen molar-refractivity contribution in [1.82, 2.24) is 0 Å². The first-order valence-electron chi connectivity index (χ1n) is 6.65. The fraction of sp³-hybridized carbons (Fsp3) is 0.533. The second-order valence-corrected chi connectivity index (χ2v) is 6.45.